The fourth-order valence-electron chi connectivity index (χ4n) is 0.880. The highest BCUT2D eigenvalue weighted by molar-refractivity contribution is 5.85. The molecule has 2 nitrogen and oxygen atoms in total. The van der Waals surface area contributed by atoms with Gasteiger partial charge in [-0.1, -0.05) is 13.8 Å². The molecule has 0 aromatic heterocycles. The number of hydrogen-bond acceptors (Lipinski definition) is 2. The molecule has 0 aromatic rings. The molecule has 0 radical (unpaired) electrons. The lowest BCUT2D eigenvalue weighted by Gasteiger charge is -2.23. The van der Waals surface area contributed by atoms with Gasteiger partial charge in [0.15, 0.2) is 5.78 Å². The Hall–Kier alpha value is -0.580. The maximum atomic E-state index is 12.3. The summed E-state index contributed by atoms with van der Waals surface area (Å²) in [7, 11) is 0. The molecule has 1 unspecified atom stereocenters. The van der Waals surface area contributed by atoms with Gasteiger partial charge in [0.25, 0.3) is 0 Å². The largest absolute Gasteiger partial charge is 0.421 e. The first-order chi connectivity index (χ1) is 6.16. The number of ketones is 1. The van der Waals surface area contributed by atoms with E-state index in [1.165, 1.54) is 27.7 Å². The van der Waals surface area contributed by atoms with E-state index in [0.29, 0.717) is 0 Å². The van der Waals surface area contributed by atoms with Crippen LogP contribution in [0, 0.1) is 5.92 Å². The molecule has 14 heavy (non-hydrogen) atoms. The smallest absolute Gasteiger partial charge is 0.359 e. The average molecular weight is 212 g/mol. The van der Waals surface area contributed by atoms with Crippen LogP contribution in [0.4, 0.5) is 13.2 Å². The minimum atomic E-state index is -4.62. The first-order valence-corrected chi connectivity index (χ1v) is 4.42. The van der Waals surface area contributed by atoms with Gasteiger partial charge in [-0.15, -0.1) is 0 Å². The number of halogens is 3. The number of hydrogen-bond donors (Lipinski definition) is 0. The van der Waals surface area contributed by atoms with Gasteiger partial charge in [0, 0.05) is 5.92 Å². The monoisotopic (exact) mass is 212 g/mol. The minimum Gasteiger partial charge on any atom is -0.359 e. The summed E-state index contributed by atoms with van der Waals surface area (Å²) >= 11 is 0. The first-order valence-electron chi connectivity index (χ1n) is 4.42. The molecule has 0 rings (SSSR count). The second-order valence-electron chi connectivity index (χ2n) is 3.66. The quantitative estimate of drug-likeness (QED) is 0.715. The summed E-state index contributed by atoms with van der Waals surface area (Å²) in [5, 5.41) is 0. The SMILES string of the molecule is CC(C)OC(C(=O)C(C)C)C(F)(F)F. The maximum Gasteiger partial charge on any atom is 0.421 e. The summed E-state index contributed by atoms with van der Waals surface area (Å²) in [5.41, 5.74) is 0. The highest BCUT2D eigenvalue weighted by Crippen LogP contribution is 2.26. The number of rotatable bonds is 4. The van der Waals surface area contributed by atoms with Gasteiger partial charge in [-0.05, 0) is 13.8 Å². The van der Waals surface area contributed by atoms with Crippen molar-refractivity contribution < 1.29 is 22.7 Å². The second-order valence-corrected chi connectivity index (χ2v) is 3.66. The van der Waals surface area contributed by atoms with Crippen molar-refractivity contribution in [1.82, 2.24) is 0 Å². The average Bonchev–Trinajstić information content (AvgIpc) is 1.96. The highest BCUT2D eigenvalue weighted by atomic mass is 19.4. The zero-order valence-electron chi connectivity index (χ0n) is 8.68. The summed E-state index contributed by atoms with van der Waals surface area (Å²) in [6.45, 7) is 5.77. The Balaban J connectivity index is 4.65. The fourth-order valence-corrected chi connectivity index (χ4v) is 0.880. The summed E-state index contributed by atoms with van der Waals surface area (Å²) in [5.74, 6) is -1.61. The molecule has 1 atom stereocenters. The zero-order valence-corrected chi connectivity index (χ0v) is 8.68. The van der Waals surface area contributed by atoms with E-state index in [2.05, 4.69) is 4.74 Å². The van der Waals surface area contributed by atoms with Crippen molar-refractivity contribution in [2.45, 2.75) is 46.1 Å². The molecule has 0 heterocycles. The number of ether oxygens (including phenoxy) is 1. The molecule has 0 aliphatic heterocycles. The van der Waals surface area contributed by atoms with Crippen molar-refractivity contribution in [3.8, 4) is 0 Å². The van der Waals surface area contributed by atoms with Crippen LogP contribution in [-0.4, -0.2) is 24.2 Å². The van der Waals surface area contributed by atoms with Gasteiger partial charge in [0.1, 0.15) is 0 Å². The van der Waals surface area contributed by atoms with E-state index in [1.54, 1.807) is 0 Å². The normalized spacial score (nSPS) is 14.9. The summed E-state index contributed by atoms with van der Waals surface area (Å²) in [4.78, 5) is 11.2. The van der Waals surface area contributed by atoms with Gasteiger partial charge >= 0.3 is 6.18 Å². The molecule has 0 aliphatic rings. The van der Waals surface area contributed by atoms with Crippen LogP contribution >= 0.6 is 0 Å². The van der Waals surface area contributed by atoms with Crippen molar-refractivity contribution in [2.24, 2.45) is 5.92 Å². The lowest BCUT2D eigenvalue weighted by molar-refractivity contribution is -0.226. The third-order valence-electron chi connectivity index (χ3n) is 1.53. The standard InChI is InChI=1S/C9H15F3O2/c1-5(2)7(13)8(9(10,11)12)14-6(3)4/h5-6,8H,1-4H3. The number of carbonyl (C=O) groups excluding carboxylic acids is 1. The Morgan fingerprint density at radius 3 is 1.79 bits per heavy atom. The van der Waals surface area contributed by atoms with Crippen LogP contribution < -0.4 is 0 Å². The van der Waals surface area contributed by atoms with Gasteiger partial charge in [0.05, 0.1) is 6.10 Å². The van der Waals surface area contributed by atoms with Crippen LogP contribution in [0.5, 0.6) is 0 Å². The Bertz CT molecular complexity index is 197. The fraction of sp³-hybridized carbons (Fsp3) is 0.889. The van der Waals surface area contributed by atoms with E-state index in [4.69, 9.17) is 0 Å². The lowest BCUT2D eigenvalue weighted by atomic mass is 10.0. The molecule has 5 heteroatoms. The highest BCUT2D eigenvalue weighted by Gasteiger charge is 2.46. The molecular weight excluding hydrogens is 197 g/mol. The minimum absolute atomic E-state index is 0.621. The number of carbonyl (C=O) groups is 1. The Labute approximate surface area is 81.4 Å². The molecule has 0 spiro atoms. The molecule has 0 saturated heterocycles. The molecule has 0 aromatic carbocycles. The van der Waals surface area contributed by atoms with Crippen molar-refractivity contribution in [3.63, 3.8) is 0 Å². The maximum absolute atomic E-state index is 12.3. The zero-order chi connectivity index (χ0) is 11.5. The van der Waals surface area contributed by atoms with Crippen molar-refractivity contribution >= 4 is 5.78 Å². The molecule has 0 fully saturated rings. The summed E-state index contributed by atoms with van der Waals surface area (Å²) in [6, 6.07) is 0. The third kappa shape index (κ3) is 4.09. The lowest BCUT2D eigenvalue weighted by Crippen LogP contribution is -2.42. The predicted molar refractivity (Wildman–Crippen MR) is 45.9 cm³/mol. The van der Waals surface area contributed by atoms with Gasteiger partial charge in [-0.25, -0.2) is 0 Å². The van der Waals surface area contributed by atoms with Crippen molar-refractivity contribution in [2.75, 3.05) is 0 Å². The molecule has 0 aliphatic carbocycles. The van der Waals surface area contributed by atoms with Gasteiger partial charge in [-0.3, -0.25) is 4.79 Å². The number of Topliss-reactive ketones (excluding diaryl/α,β-unsaturated/α-hetero) is 1. The summed E-state index contributed by atoms with van der Waals surface area (Å²) in [6.07, 6.45) is -7.53. The molecule has 0 bridgehead atoms. The van der Waals surface area contributed by atoms with E-state index in [1.807, 2.05) is 0 Å². The molecule has 0 saturated carbocycles. The van der Waals surface area contributed by atoms with Crippen LogP contribution in [0.2, 0.25) is 0 Å². The third-order valence-corrected chi connectivity index (χ3v) is 1.53. The van der Waals surface area contributed by atoms with Crippen LogP contribution in [-0.2, 0) is 9.53 Å². The van der Waals surface area contributed by atoms with Crippen LogP contribution in [0.25, 0.3) is 0 Å². The van der Waals surface area contributed by atoms with E-state index < -0.39 is 30.1 Å². The molecular formula is C9H15F3O2. The molecule has 84 valence electrons. The molecule has 0 amide bonds. The van der Waals surface area contributed by atoms with E-state index in [9.17, 15) is 18.0 Å². The van der Waals surface area contributed by atoms with Crippen molar-refractivity contribution in [1.29, 1.82) is 0 Å². The molecule has 0 N–H and O–H groups in total. The Kier molecular flexibility index (Phi) is 4.58. The van der Waals surface area contributed by atoms with E-state index >= 15 is 0 Å². The first kappa shape index (κ1) is 13.4. The summed E-state index contributed by atoms with van der Waals surface area (Å²) < 4.78 is 41.6. The van der Waals surface area contributed by atoms with Crippen molar-refractivity contribution in [3.05, 3.63) is 0 Å². The van der Waals surface area contributed by atoms with E-state index in [0.717, 1.165) is 0 Å². The number of alkyl halides is 3. The Morgan fingerprint density at radius 2 is 1.57 bits per heavy atom. The topological polar surface area (TPSA) is 26.3 Å². The van der Waals surface area contributed by atoms with Gasteiger partial charge < -0.3 is 4.74 Å². The van der Waals surface area contributed by atoms with E-state index in [-0.39, 0.29) is 0 Å². The second kappa shape index (κ2) is 4.77. The Morgan fingerprint density at radius 1 is 1.14 bits per heavy atom. The van der Waals surface area contributed by atoms with Crippen LogP contribution in [0.3, 0.4) is 0 Å². The van der Waals surface area contributed by atoms with Crippen LogP contribution in [0.15, 0.2) is 0 Å². The van der Waals surface area contributed by atoms with Crippen LogP contribution in [0.1, 0.15) is 27.7 Å². The van der Waals surface area contributed by atoms with Gasteiger partial charge in [-0.2, -0.15) is 13.2 Å². The predicted octanol–water partition coefficient (Wildman–Crippen LogP) is 2.57. The van der Waals surface area contributed by atoms with Gasteiger partial charge in [0.2, 0.25) is 6.10 Å².